The average molecular weight is 274 g/mol. The van der Waals surface area contributed by atoms with Gasteiger partial charge >= 0.3 is 0 Å². The number of likely N-dealkylation sites (tertiary alicyclic amines) is 1. The minimum atomic E-state index is -0.490. The van der Waals surface area contributed by atoms with Crippen molar-refractivity contribution in [3.63, 3.8) is 0 Å². The molecule has 0 bridgehead atoms. The van der Waals surface area contributed by atoms with Crippen molar-refractivity contribution in [1.82, 2.24) is 4.90 Å². The maximum atomic E-state index is 11.8. The van der Waals surface area contributed by atoms with Crippen LogP contribution < -0.4 is 0 Å². The Labute approximate surface area is 110 Å². The summed E-state index contributed by atoms with van der Waals surface area (Å²) >= 11 is 7.46. The second-order valence-electron chi connectivity index (χ2n) is 4.47. The Morgan fingerprint density at radius 1 is 1.71 bits per heavy atom. The van der Waals surface area contributed by atoms with Crippen molar-refractivity contribution in [1.29, 1.82) is 0 Å². The summed E-state index contributed by atoms with van der Waals surface area (Å²) in [7, 11) is 0. The van der Waals surface area contributed by atoms with E-state index in [2.05, 4.69) is 11.4 Å². The first-order chi connectivity index (χ1) is 8.13. The molecule has 3 nitrogen and oxygen atoms in total. The molecule has 0 aliphatic carbocycles. The van der Waals surface area contributed by atoms with Crippen LogP contribution >= 0.6 is 22.9 Å². The van der Waals surface area contributed by atoms with Gasteiger partial charge in [-0.1, -0.05) is 0 Å². The minimum Gasteiger partial charge on any atom is -0.396 e. The molecule has 2 rings (SSSR count). The van der Waals surface area contributed by atoms with E-state index in [1.54, 1.807) is 23.2 Å². The first kappa shape index (κ1) is 12.9. The van der Waals surface area contributed by atoms with Gasteiger partial charge in [-0.15, -0.1) is 11.6 Å². The van der Waals surface area contributed by atoms with Crippen LogP contribution in [0.4, 0.5) is 0 Å². The van der Waals surface area contributed by atoms with Crippen LogP contribution in [0.3, 0.4) is 0 Å². The molecule has 1 aromatic rings. The van der Waals surface area contributed by atoms with Crippen LogP contribution in [0.2, 0.25) is 0 Å². The number of aliphatic hydroxyl groups excluding tert-OH is 1. The summed E-state index contributed by atoms with van der Waals surface area (Å²) in [6.45, 7) is 3.07. The average Bonchev–Trinajstić information content (AvgIpc) is 2.95. The summed E-state index contributed by atoms with van der Waals surface area (Å²) in [6.07, 6.45) is 0. The van der Waals surface area contributed by atoms with Crippen LogP contribution in [0.1, 0.15) is 18.4 Å². The van der Waals surface area contributed by atoms with Crippen molar-refractivity contribution in [3.8, 4) is 0 Å². The van der Waals surface area contributed by atoms with Crippen molar-refractivity contribution < 1.29 is 9.90 Å². The largest absolute Gasteiger partial charge is 0.396 e. The molecule has 1 N–H and O–H groups in total. The lowest BCUT2D eigenvalue weighted by Crippen LogP contribution is -2.34. The Hall–Kier alpha value is -0.580. The standard InChI is InChI=1S/C12H16ClNO2S/c1-8(13)12(16)14-4-10(6-15)11(5-14)9-2-3-17-7-9/h2-3,7-8,10-11,15H,4-6H2,1H3/t8?,10-,11-/m0/s1. The molecule has 1 aliphatic heterocycles. The highest BCUT2D eigenvalue weighted by molar-refractivity contribution is 7.08. The molecule has 0 saturated carbocycles. The van der Waals surface area contributed by atoms with E-state index in [-0.39, 0.29) is 24.3 Å². The zero-order valence-corrected chi connectivity index (χ0v) is 11.2. The van der Waals surface area contributed by atoms with E-state index in [1.807, 2.05) is 5.38 Å². The molecular formula is C12H16ClNO2S. The number of alkyl halides is 1. The third kappa shape index (κ3) is 2.64. The van der Waals surface area contributed by atoms with Crippen LogP contribution in [-0.2, 0) is 4.79 Å². The fourth-order valence-corrected chi connectivity index (χ4v) is 3.21. The molecule has 17 heavy (non-hydrogen) atoms. The molecule has 1 unspecified atom stereocenters. The van der Waals surface area contributed by atoms with Gasteiger partial charge in [0.2, 0.25) is 5.91 Å². The molecule has 1 saturated heterocycles. The van der Waals surface area contributed by atoms with E-state index in [9.17, 15) is 9.90 Å². The Morgan fingerprint density at radius 2 is 2.47 bits per heavy atom. The Balaban J connectivity index is 2.11. The molecule has 0 spiro atoms. The summed E-state index contributed by atoms with van der Waals surface area (Å²) in [6, 6.07) is 2.07. The third-order valence-corrected chi connectivity index (χ3v) is 4.19. The molecular weight excluding hydrogens is 258 g/mol. The number of hydrogen-bond donors (Lipinski definition) is 1. The molecule has 3 atom stereocenters. The number of nitrogens with zero attached hydrogens (tertiary/aromatic N) is 1. The zero-order chi connectivity index (χ0) is 12.4. The lowest BCUT2D eigenvalue weighted by atomic mass is 9.92. The third-order valence-electron chi connectivity index (χ3n) is 3.30. The van der Waals surface area contributed by atoms with Gasteiger partial charge in [-0.25, -0.2) is 0 Å². The van der Waals surface area contributed by atoms with E-state index in [0.29, 0.717) is 13.1 Å². The van der Waals surface area contributed by atoms with Crippen molar-refractivity contribution in [2.75, 3.05) is 19.7 Å². The van der Waals surface area contributed by atoms with Crippen LogP contribution in [0.15, 0.2) is 16.8 Å². The summed E-state index contributed by atoms with van der Waals surface area (Å²) in [5, 5.41) is 13.0. The number of carbonyl (C=O) groups is 1. The maximum absolute atomic E-state index is 11.8. The normalized spacial score (nSPS) is 26.2. The zero-order valence-electron chi connectivity index (χ0n) is 9.67. The first-order valence-electron chi connectivity index (χ1n) is 5.69. The highest BCUT2D eigenvalue weighted by Gasteiger charge is 2.36. The van der Waals surface area contributed by atoms with E-state index < -0.39 is 5.38 Å². The lowest BCUT2D eigenvalue weighted by Gasteiger charge is -2.17. The van der Waals surface area contributed by atoms with E-state index in [0.717, 1.165) is 0 Å². The number of aliphatic hydroxyl groups is 1. The number of hydrogen-bond acceptors (Lipinski definition) is 3. The fraction of sp³-hybridized carbons (Fsp3) is 0.583. The Kier molecular flexibility index (Phi) is 4.07. The quantitative estimate of drug-likeness (QED) is 0.855. The number of halogens is 1. The van der Waals surface area contributed by atoms with Crippen molar-refractivity contribution in [2.45, 2.75) is 18.2 Å². The fourth-order valence-electron chi connectivity index (χ4n) is 2.35. The molecule has 1 aliphatic rings. The molecule has 0 aromatic carbocycles. The van der Waals surface area contributed by atoms with Gasteiger partial charge in [0.05, 0.1) is 0 Å². The predicted octanol–water partition coefficient (Wildman–Crippen LogP) is 1.91. The lowest BCUT2D eigenvalue weighted by molar-refractivity contribution is -0.129. The highest BCUT2D eigenvalue weighted by atomic mass is 35.5. The first-order valence-corrected chi connectivity index (χ1v) is 7.07. The number of rotatable bonds is 3. The van der Waals surface area contributed by atoms with Gasteiger partial charge in [-0.2, -0.15) is 11.3 Å². The van der Waals surface area contributed by atoms with Crippen LogP contribution in [0.25, 0.3) is 0 Å². The summed E-state index contributed by atoms with van der Waals surface area (Å²) in [4.78, 5) is 13.6. The van der Waals surface area contributed by atoms with Gasteiger partial charge in [0, 0.05) is 31.5 Å². The topological polar surface area (TPSA) is 40.5 Å². The molecule has 1 amide bonds. The molecule has 1 aromatic heterocycles. The van der Waals surface area contributed by atoms with Gasteiger partial charge in [-0.3, -0.25) is 4.79 Å². The van der Waals surface area contributed by atoms with E-state index in [1.165, 1.54) is 5.56 Å². The number of carbonyl (C=O) groups excluding carboxylic acids is 1. The maximum Gasteiger partial charge on any atom is 0.240 e. The van der Waals surface area contributed by atoms with Gasteiger partial charge in [0.15, 0.2) is 0 Å². The summed E-state index contributed by atoms with van der Waals surface area (Å²) < 4.78 is 0. The molecule has 5 heteroatoms. The van der Waals surface area contributed by atoms with Gasteiger partial charge in [-0.05, 0) is 29.3 Å². The Bertz CT molecular complexity index is 380. The smallest absolute Gasteiger partial charge is 0.240 e. The minimum absolute atomic E-state index is 0.0390. The summed E-state index contributed by atoms with van der Waals surface area (Å²) in [5.74, 6) is 0.331. The second kappa shape index (κ2) is 5.38. The van der Waals surface area contributed by atoms with Crippen LogP contribution in [0, 0.1) is 5.92 Å². The molecule has 0 radical (unpaired) electrons. The summed E-state index contributed by atoms with van der Waals surface area (Å²) in [5.41, 5.74) is 1.21. The monoisotopic (exact) mass is 273 g/mol. The van der Waals surface area contributed by atoms with E-state index in [4.69, 9.17) is 11.6 Å². The van der Waals surface area contributed by atoms with Gasteiger partial charge in [0.25, 0.3) is 0 Å². The van der Waals surface area contributed by atoms with E-state index >= 15 is 0 Å². The van der Waals surface area contributed by atoms with Crippen molar-refractivity contribution >= 4 is 28.8 Å². The van der Waals surface area contributed by atoms with Crippen molar-refractivity contribution in [3.05, 3.63) is 22.4 Å². The second-order valence-corrected chi connectivity index (χ2v) is 5.90. The van der Waals surface area contributed by atoms with Crippen molar-refractivity contribution in [2.24, 2.45) is 5.92 Å². The number of thiophene rings is 1. The number of amides is 1. The molecule has 1 fully saturated rings. The SMILES string of the molecule is CC(Cl)C(=O)N1C[C@@H](CO)[C@H](c2ccsc2)C1. The molecule has 2 heterocycles. The van der Waals surface area contributed by atoms with Gasteiger partial charge < -0.3 is 10.0 Å². The highest BCUT2D eigenvalue weighted by Crippen LogP contribution is 2.33. The van der Waals surface area contributed by atoms with Crippen LogP contribution in [0.5, 0.6) is 0 Å². The molecule has 94 valence electrons. The Morgan fingerprint density at radius 3 is 3.00 bits per heavy atom. The predicted molar refractivity (Wildman–Crippen MR) is 69.5 cm³/mol. The van der Waals surface area contributed by atoms with Crippen LogP contribution in [-0.4, -0.2) is 41.0 Å². The van der Waals surface area contributed by atoms with Gasteiger partial charge in [0.1, 0.15) is 5.38 Å².